The van der Waals surface area contributed by atoms with E-state index in [1.165, 1.54) is 51.6 Å². The van der Waals surface area contributed by atoms with E-state index in [0.29, 0.717) is 36.0 Å². The summed E-state index contributed by atoms with van der Waals surface area (Å²) in [6, 6.07) is 5.91. The predicted molar refractivity (Wildman–Crippen MR) is 115 cm³/mol. The number of nitrogens with zero attached hydrogens (tertiary/aromatic N) is 1. The molecular formula is C25H38NO3+. The van der Waals surface area contributed by atoms with E-state index in [1.54, 1.807) is 0 Å². The summed E-state index contributed by atoms with van der Waals surface area (Å²) < 4.78 is 6.84. The molecule has 1 N–H and O–H groups in total. The van der Waals surface area contributed by atoms with E-state index < -0.39 is 0 Å². The number of phenolic OH excluding ortho intramolecular Hbond substituents is 1. The number of rotatable bonds is 5. The summed E-state index contributed by atoms with van der Waals surface area (Å²) in [5.74, 6) is 2.45. The van der Waals surface area contributed by atoms with Gasteiger partial charge >= 0.3 is 5.97 Å². The van der Waals surface area contributed by atoms with Crippen molar-refractivity contribution in [2.75, 3.05) is 33.8 Å². The minimum atomic E-state index is -0.197. The van der Waals surface area contributed by atoms with Crippen LogP contribution in [0.2, 0.25) is 0 Å². The number of aromatic hydroxyl groups is 1. The van der Waals surface area contributed by atoms with Crippen LogP contribution >= 0.6 is 0 Å². The van der Waals surface area contributed by atoms with Crippen molar-refractivity contribution in [2.45, 2.75) is 63.7 Å². The fourth-order valence-electron chi connectivity index (χ4n) is 6.38. The normalized spacial score (nSPS) is 29.4. The van der Waals surface area contributed by atoms with Gasteiger partial charge in [-0.1, -0.05) is 43.9 Å². The molecule has 2 unspecified atom stereocenters. The number of hydrogen-bond donors (Lipinski definition) is 1. The molecular weight excluding hydrogens is 362 g/mol. The molecule has 4 rings (SSSR count). The Balaban J connectivity index is 1.35. The highest BCUT2D eigenvalue weighted by Crippen LogP contribution is 2.43. The van der Waals surface area contributed by atoms with Crippen molar-refractivity contribution in [2.24, 2.45) is 17.8 Å². The van der Waals surface area contributed by atoms with Crippen LogP contribution in [-0.2, 0) is 16.0 Å². The first-order valence-corrected chi connectivity index (χ1v) is 11.7. The summed E-state index contributed by atoms with van der Waals surface area (Å²) in [6.07, 6.45) is 10.1. The van der Waals surface area contributed by atoms with Crippen molar-refractivity contribution < 1.29 is 19.1 Å². The molecule has 4 heteroatoms. The van der Waals surface area contributed by atoms with Crippen LogP contribution in [0.15, 0.2) is 18.2 Å². The van der Waals surface area contributed by atoms with Gasteiger partial charge in [-0.3, -0.25) is 4.79 Å². The number of carbonyl (C=O) groups excluding carboxylic acids is 1. The van der Waals surface area contributed by atoms with E-state index in [4.69, 9.17) is 4.74 Å². The molecule has 0 radical (unpaired) electrons. The zero-order valence-electron chi connectivity index (χ0n) is 18.2. The predicted octanol–water partition coefficient (Wildman–Crippen LogP) is 4.65. The second kappa shape index (κ2) is 8.67. The highest BCUT2D eigenvalue weighted by molar-refractivity contribution is 5.74. The summed E-state index contributed by atoms with van der Waals surface area (Å²) in [5.41, 5.74) is 1.75. The van der Waals surface area contributed by atoms with Crippen molar-refractivity contribution in [3.8, 4) is 5.75 Å². The maximum absolute atomic E-state index is 12.6. The zero-order valence-corrected chi connectivity index (χ0v) is 18.2. The molecule has 1 saturated heterocycles. The number of likely N-dealkylation sites (tertiary alicyclic amines) is 1. The van der Waals surface area contributed by atoms with E-state index in [9.17, 15) is 9.90 Å². The summed E-state index contributed by atoms with van der Waals surface area (Å²) in [7, 11) is 4.63. The minimum Gasteiger partial charge on any atom is -0.507 e. The molecule has 2 saturated carbocycles. The molecule has 0 spiro atoms. The zero-order chi connectivity index (χ0) is 20.4. The highest BCUT2D eigenvalue weighted by Gasteiger charge is 2.47. The first-order valence-electron chi connectivity index (χ1n) is 11.7. The molecule has 1 aliphatic heterocycles. The van der Waals surface area contributed by atoms with Gasteiger partial charge in [0.05, 0.1) is 40.2 Å². The highest BCUT2D eigenvalue weighted by atomic mass is 16.5. The van der Waals surface area contributed by atoms with Crippen LogP contribution in [0.25, 0.3) is 0 Å². The summed E-state index contributed by atoms with van der Waals surface area (Å²) >= 11 is 0. The van der Waals surface area contributed by atoms with E-state index in [0.717, 1.165) is 28.5 Å². The Kier molecular flexibility index (Phi) is 6.19. The quantitative estimate of drug-likeness (QED) is 0.445. The summed E-state index contributed by atoms with van der Waals surface area (Å²) in [6.45, 7) is 2.95. The van der Waals surface area contributed by atoms with E-state index in [2.05, 4.69) is 14.1 Å². The Hall–Kier alpha value is -1.55. The lowest BCUT2D eigenvalue weighted by atomic mass is 9.85. The van der Waals surface area contributed by atoms with Gasteiger partial charge in [0, 0.05) is 23.3 Å². The lowest BCUT2D eigenvalue weighted by Crippen LogP contribution is -2.52. The molecule has 29 heavy (non-hydrogen) atoms. The second-order valence-corrected chi connectivity index (χ2v) is 10.5. The molecule has 3 fully saturated rings. The molecule has 0 amide bonds. The van der Waals surface area contributed by atoms with Crippen LogP contribution < -0.4 is 0 Å². The Morgan fingerprint density at radius 2 is 1.69 bits per heavy atom. The first kappa shape index (κ1) is 20.7. The van der Waals surface area contributed by atoms with Gasteiger partial charge in [0.1, 0.15) is 5.75 Å². The molecule has 4 nitrogen and oxygen atoms in total. The third-order valence-corrected chi connectivity index (χ3v) is 7.79. The standard InChI is InChI=1S/C25H37NO3/c1-26(2)15-20-12-13-21(16-26)23(20)17-29-24(27)14-19-10-7-11-22(25(19)28)18-8-5-3-4-6-9-18/h7,10-11,18,20-21,23H,3-6,8-9,12-17H2,1-2H3/p+1. The van der Waals surface area contributed by atoms with Crippen molar-refractivity contribution in [3.05, 3.63) is 29.3 Å². The number of benzene rings is 1. The molecule has 3 aliphatic rings. The number of fused-ring (bicyclic) bond motifs is 2. The maximum atomic E-state index is 12.6. The molecule has 0 aromatic heterocycles. The summed E-state index contributed by atoms with van der Waals surface area (Å²) in [4.78, 5) is 12.6. The molecule has 1 heterocycles. The van der Waals surface area contributed by atoms with Gasteiger partial charge in [0.15, 0.2) is 0 Å². The summed E-state index contributed by atoms with van der Waals surface area (Å²) in [5, 5.41) is 10.8. The number of esters is 1. The lowest BCUT2D eigenvalue weighted by Gasteiger charge is -2.41. The first-order chi connectivity index (χ1) is 13.9. The van der Waals surface area contributed by atoms with Gasteiger partial charge in [-0.25, -0.2) is 0 Å². The van der Waals surface area contributed by atoms with Crippen molar-refractivity contribution >= 4 is 5.97 Å². The van der Waals surface area contributed by atoms with Crippen molar-refractivity contribution in [1.29, 1.82) is 0 Å². The third-order valence-electron chi connectivity index (χ3n) is 7.79. The van der Waals surface area contributed by atoms with E-state index in [-0.39, 0.29) is 12.4 Å². The number of ether oxygens (including phenoxy) is 1. The van der Waals surface area contributed by atoms with E-state index >= 15 is 0 Å². The number of phenols is 1. The molecule has 160 valence electrons. The second-order valence-electron chi connectivity index (χ2n) is 10.5. The average molecular weight is 401 g/mol. The van der Waals surface area contributed by atoms with Crippen LogP contribution in [0, 0.1) is 17.8 Å². The van der Waals surface area contributed by atoms with Crippen LogP contribution in [-0.4, -0.2) is 49.4 Å². The van der Waals surface area contributed by atoms with Gasteiger partial charge < -0.3 is 14.3 Å². The SMILES string of the molecule is C[N+]1(C)CC2CCC(C1)C2COC(=O)Cc1cccc(C2CCCCCC2)c1O. The van der Waals surface area contributed by atoms with Crippen LogP contribution in [0.3, 0.4) is 0 Å². The van der Waals surface area contributed by atoms with Crippen LogP contribution in [0.4, 0.5) is 0 Å². The largest absolute Gasteiger partial charge is 0.507 e. The minimum absolute atomic E-state index is 0.177. The molecule has 2 atom stereocenters. The fourth-order valence-corrected chi connectivity index (χ4v) is 6.38. The van der Waals surface area contributed by atoms with Crippen molar-refractivity contribution in [3.63, 3.8) is 0 Å². The Morgan fingerprint density at radius 3 is 2.34 bits per heavy atom. The number of hydrogen-bond acceptors (Lipinski definition) is 3. The van der Waals surface area contributed by atoms with Crippen LogP contribution in [0.5, 0.6) is 5.75 Å². The lowest BCUT2D eigenvalue weighted by molar-refractivity contribution is -0.902. The van der Waals surface area contributed by atoms with Crippen molar-refractivity contribution in [1.82, 2.24) is 0 Å². The molecule has 2 aliphatic carbocycles. The smallest absolute Gasteiger partial charge is 0.310 e. The molecule has 1 aromatic carbocycles. The molecule has 1 aromatic rings. The van der Waals surface area contributed by atoms with Gasteiger partial charge in [0.25, 0.3) is 0 Å². The van der Waals surface area contributed by atoms with Gasteiger partial charge in [-0.2, -0.15) is 0 Å². The number of quaternary nitrogens is 1. The topological polar surface area (TPSA) is 46.5 Å². The molecule has 2 bridgehead atoms. The number of carbonyl (C=O) groups is 1. The Bertz CT molecular complexity index is 705. The Morgan fingerprint density at radius 1 is 1.03 bits per heavy atom. The Labute approximate surface area is 175 Å². The van der Waals surface area contributed by atoms with Gasteiger partial charge in [-0.05, 0) is 37.2 Å². The van der Waals surface area contributed by atoms with Gasteiger partial charge in [0.2, 0.25) is 0 Å². The van der Waals surface area contributed by atoms with E-state index in [1.807, 2.05) is 18.2 Å². The third kappa shape index (κ3) is 4.79. The van der Waals surface area contributed by atoms with Crippen LogP contribution in [0.1, 0.15) is 68.4 Å². The average Bonchev–Trinajstić information content (AvgIpc) is 2.86. The maximum Gasteiger partial charge on any atom is 0.310 e. The fraction of sp³-hybridized carbons (Fsp3) is 0.720. The monoisotopic (exact) mass is 400 g/mol. The number of piperidine rings is 1. The number of para-hydroxylation sites is 1. The van der Waals surface area contributed by atoms with Gasteiger partial charge in [-0.15, -0.1) is 0 Å².